The molecule has 3 nitrogen and oxygen atoms in total. The van der Waals surface area contributed by atoms with Gasteiger partial charge in [-0.1, -0.05) is 6.08 Å². The van der Waals surface area contributed by atoms with Gasteiger partial charge in [0.05, 0.1) is 5.54 Å². The van der Waals surface area contributed by atoms with E-state index in [0.29, 0.717) is 0 Å². The molecule has 1 aliphatic heterocycles. The molecule has 0 unspecified atom stereocenters. The monoisotopic (exact) mass is 168 g/mol. The number of nitrogens with zero attached hydrogens (tertiary/aromatic N) is 1. The Labute approximate surface area is 73.4 Å². The first-order valence-corrected chi connectivity index (χ1v) is 4.23. The van der Waals surface area contributed by atoms with Crippen molar-refractivity contribution in [2.24, 2.45) is 0 Å². The summed E-state index contributed by atoms with van der Waals surface area (Å²) in [5.41, 5.74) is -0.383. The third-order valence-corrected chi connectivity index (χ3v) is 2.36. The standard InChI is InChI=1S/C9H16N2O/c1-4-6-11-7-5-10-8(12)9(11,2)3/h4H,1,5-7H2,2-3H3,(H,10,12). The highest BCUT2D eigenvalue weighted by atomic mass is 16.2. The number of carbonyl (C=O) groups is 1. The summed E-state index contributed by atoms with van der Waals surface area (Å²) in [5.74, 6) is 0.107. The maximum atomic E-state index is 11.4. The number of piperazine rings is 1. The van der Waals surface area contributed by atoms with Crippen LogP contribution in [0.5, 0.6) is 0 Å². The lowest BCUT2D eigenvalue weighted by molar-refractivity contribution is -0.134. The molecule has 0 radical (unpaired) electrons. The highest BCUT2D eigenvalue weighted by Crippen LogP contribution is 2.16. The van der Waals surface area contributed by atoms with E-state index in [-0.39, 0.29) is 11.4 Å². The lowest BCUT2D eigenvalue weighted by Crippen LogP contribution is -2.61. The van der Waals surface area contributed by atoms with E-state index in [9.17, 15) is 4.79 Å². The zero-order chi connectivity index (χ0) is 9.19. The van der Waals surface area contributed by atoms with Crippen molar-refractivity contribution < 1.29 is 4.79 Å². The Bertz CT molecular complexity index is 199. The van der Waals surface area contributed by atoms with Crippen LogP contribution in [0.2, 0.25) is 0 Å². The SMILES string of the molecule is C=CCN1CCNC(=O)C1(C)C. The van der Waals surface area contributed by atoms with Crippen molar-refractivity contribution in [1.29, 1.82) is 0 Å². The lowest BCUT2D eigenvalue weighted by Gasteiger charge is -2.40. The van der Waals surface area contributed by atoms with Gasteiger partial charge in [0.15, 0.2) is 0 Å². The van der Waals surface area contributed by atoms with Gasteiger partial charge in [0.2, 0.25) is 5.91 Å². The van der Waals surface area contributed by atoms with Crippen molar-refractivity contribution >= 4 is 5.91 Å². The smallest absolute Gasteiger partial charge is 0.240 e. The predicted octanol–water partition coefficient (Wildman–Crippen LogP) is 0.383. The summed E-state index contributed by atoms with van der Waals surface area (Å²) in [6, 6.07) is 0. The van der Waals surface area contributed by atoms with Crippen LogP contribution >= 0.6 is 0 Å². The minimum Gasteiger partial charge on any atom is -0.353 e. The van der Waals surface area contributed by atoms with Crippen molar-refractivity contribution in [1.82, 2.24) is 10.2 Å². The second-order valence-corrected chi connectivity index (χ2v) is 3.55. The summed E-state index contributed by atoms with van der Waals surface area (Å²) in [5, 5.41) is 2.85. The van der Waals surface area contributed by atoms with Gasteiger partial charge in [0.1, 0.15) is 0 Å². The van der Waals surface area contributed by atoms with Crippen LogP contribution in [0.25, 0.3) is 0 Å². The number of rotatable bonds is 2. The minimum absolute atomic E-state index is 0.107. The molecule has 1 saturated heterocycles. The van der Waals surface area contributed by atoms with Crippen molar-refractivity contribution in [2.75, 3.05) is 19.6 Å². The second-order valence-electron chi connectivity index (χ2n) is 3.55. The maximum Gasteiger partial charge on any atom is 0.240 e. The molecule has 1 amide bonds. The number of nitrogens with one attached hydrogen (secondary N) is 1. The molecule has 0 aliphatic carbocycles. The highest BCUT2D eigenvalue weighted by molar-refractivity contribution is 5.86. The van der Waals surface area contributed by atoms with Gasteiger partial charge in [-0.15, -0.1) is 6.58 Å². The molecule has 0 spiro atoms. The van der Waals surface area contributed by atoms with Gasteiger partial charge in [-0.25, -0.2) is 0 Å². The van der Waals surface area contributed by atoms with Crippen molar-refractivity contribution in [3.8, 4) is 0 Å². The molecule has 1 rings (SSSR count). The Morgan fingerprint density at radius 3 is 3.00 bits per heavy atom. The molecular formula is C9H16N2O. The lowest BCUT2D eigenvalue weighted by atomic mass is 9.99. The Hall–Kier alpha value is -0.830. The number of hydrogen-bond donors (Lipinski definition) is 1. The van der Waals surface area contributed by atoms with Crippen molar-refractivity contribution in [2.45, 2.75) is 19.4 Å². The number of hydrogen-bond acceptors (Lipinski definition) is 2. The summed E-state index contributed by atoms with van der Waals surface area (Å²) in [4.78, 5) is 13.5. The molecule has 1 aliphatic rings. The molecule has 1 heterocycles. The zero-order valence-corrected chi connectivity index (χ0v) is 7.76. The van der Waals surface area contributed by atoms with E-state index in [1.54, 1.807) is 0 Å². The molecule has 68 valence electrons. The molecule has 0 aromatic carbocycles. The molecule has 1 N–H and O–H groups in total. The summed E-state index contributed by atoms with van der Waals surface area (Å²) < 4.78 is 0. The van der Waals surface area contributed by atoms with Crippen molar-refractivity contribution in [3.63, 3.8) is 0 Å². The quantitative estimate of drug-likeness (QED) is 0.605. The summed E-state index contributed by atoms with van der Waals surface area (Å²) >= 11 is 0. The first-order valence-electron chi connectivity index (χ1n) is 4.23. The van der Waals surface area contributed by atoms with Crippen LogP contribution in [-0.2, 0) is 4.79 Å². The van der Waals surface area contributed by atoms with Gasteiger partial charge in [-0.2, -0.15) is 0 Å². The first-order chi connectivity index (χ1) is 5.59. The average molecular weight is 168 g/mol. The van der Waals surface area contributed by atoms with E-state index in [1.807, 2.05) is 19.9 Å². The minimum atomic E-state index is -0.383. The fraction of sp³-hybridized carbons (Fsp3) is 0.667. The van der Waals surface area contributed by atoms with Gasteiger partial charge in [-0.05, 0) is 13.8 Å². The Kier molecular flexibility index (Phi) is 2.52. The van der Waals surface area contributed by atoms with E-state index in [0.717, 1.165) is 19.6 Å². The third-order valence-electron chi connectivity index (χ3n) is 2.36. The van der Waals surface area contributed by atoms with Crippen LogP contribution in [0, 0.1) is 0 Å². The highest BCUT2D eigenvalue weighted by Gasteiger charge is 2.36. The summed E-state index contributed by atoms with van der Waals surface area (Å²) in [6.07, 6.45) is 1.83. The Morgan fingerprint density at radius 2 is 2.42 bits per heavy atom. The van der Waals surface area contributed by atoms with Gasteiger partial charge < -0.3 is 5.32 Å². The van der Waals surface area contributed by atoms with Gasteiger partial charge in [-0.3, -0.25) is 9.69 Å². The van der Waals surface area contributed by atoms with Crippen LogP contribution in [0.15, 0.2) is 12.7 Å². The topological polar surface area (TPSA) is 32.3 Å². The van der Waals surface area contributed by atoms with Crippen LogP contribution in [0.4, 0.5) is 0 Å². The third kappa shape index (κ3) is 1.50. The number of carbonyl (C=O) groups excluding carboxylic acids is 1. The summed E-state index contributed by atoms with van der Waals surface area (Å²) in [6.45, 7) is 9.97. The maximum absolute atomic E-state index is 11.4. The van der Waals surface area contributed by atoms with E-state index in [1.165, 1.54) is 0 Å². The van der Waals surface area contributed by atoms with Gasteiger partial charge >= 0.3 is 0 Å². The fourth-order valence-corrected chi connectivity index (χ4v) is 1.42. The predicted molar refractivity (Wildman–Crippen MR) is 48.9 cm³/mol. The Balaban J connectivity index is 2.71. The van der Waals surface area contributed by atoms with Gasteiger partial charge in [0.25, 0.3) is 0 Å². The normalized spacial score (nSPS) is 23.3. The molecule has 12 heavy (non-hydrogen) atoms. The second kappa shape index (κ2) is 3.27. The van der Waals surface area contributed by atoms with Crippen LogP contribution in [0.1, 0.15) is 13.8 Å². The molecule has 1 fully saturated rings. The van der Waals surface area contributed by atoms with E-state index >= 15 is 0 Å². The zero-order valence-electron chi connectivity index (χ0n) is 7.76. The van der Waals surface area contributed by atoms with Crippen molar-refractivity contribution in [3.05, 3.63) is 12.7 Å². The largest absolute Gasteiger partial charge is 0.353 e. The fourth-order valence-electron chi connectivity index (χ4n) is 1.42. The molecule has 0 saturated carbocycles. The van der Waals surface area contributed by atoms with E-state index < -0.39 is 0 Å². The summed E-state index contributed by atoms with van der Waals surface area (Å²) in [7, 11) is 0. The number of amides is 1. The molecule has 0 aromatic rings. The molecule has 0 bridgehead atoms. The molecular weight excluding hydrogens is 152 g/mol. The molecule has 0 atom stereocenters. The molecule has 0 aromatic heterocycles. The van der Waals surface area contributed by atoms with Crippen LogP contribution < -0.4 is 5.32 Å². The van der Waals surface area contributed by atoms with Crippen LogP contribution in [-0.4, -0.2) is 36.0 Å². The van der Waals surface area contributed by atoms with E-state index in [4.69, 9.17) is 0 Å². The molecule has 3 heteroatoms. The average Bonchev–Trinajstić information content (AvgIpc) is 2.00. The van der Waals surface area contributed by atoms with Crippen LogP contribution in [0.3, 0.4) is 0 Å². The van der Waals surface area contributed by atoms with E-state index in [2.05, 4.69) is 16.8 Å². The Morgan fingerprint density at radius 1 is 1.75 bits per heavy atom. The van der Waals surface area contributed by atoms with Gasteiger partial charge in [0, 0.05) is 19.6 Å². The first kappa shape index (κ1) is 9.26.